The number of rotatable bonds is 4. The highest BCUT2D eigenvalue weighted by atomic mass is 15.1. The smallest absolute Gasteiger partial charge is 0.130 e. The average molecular weight is 561 g/mol. The van der Waals surface area contributed by atoms with Crippen molar-refractivity contribution in [3.05, 3.63) is 119 Å². The Morgan fingerprint density at radius 3 is 0.488 bits per heavy atom. The predicted octanol–water partition coefficient (Wildman–Crippen LogP) is 3.72. The summed E-state index contributed by atoms with van der Waals surface area (Å²) in [6, 6.07) is 34.4. The van der Waals surface area contributed by atoms with Gasteiger partial charge in [-0.25, -0.2) is 0 Å². The normalized spacial score (nSPS) is 10.1. The standard InChI is InChI=1S/4C9H13N.CH4/c4*1-8-4-6-9(7-5-8)10(2)3;/h4*4-7H,1-3H3;1H4/p+4. The third-order valence-corrected chi connectivity index (χ3v) is 6.52. The molecule has 4 heteroatoms. The summed E-state index contributed by atoms with van der Waals surface area (Å²) in [5.74, 6) is 0. The van der Waals surface area contributed by atoms with Crippen LogP contribution in [0.2, 0.25) is 0 Å². The molecule has 0 amide bonds. The lowest BCUT2D eigenvalue weighted by Gasteiger charge is -2.05. The number of nitrogens with one attached hydrogen (secondary N) is 4. The monoisotopic (exact) mass is 560 g/mol. The minimum Gasteiger partial charge on any atom is -0.307 e. The zero-order valence-corrected chi connectivity index (χ0v) is 27.2. The second-order valence-corrected chi connectivity index (χ2v) is 11.5. The van der Waals surface area contributed by atoms with E-state index in [0.717, 1.165) is 0 Å². The summed E-state index contributed by atoms with van der Waals surface area (Å²) in [5.41, 5.74) is 10.7. The van der Waals surface area contributed by atoms with Gasteiger partial charge in [-0.2, -0.15) is 0 Å². The first-order chi connectivity index (χ1) is 18.8. The molecular formula is C37H60N4+4. The summed E-state index contributed by atoms with van der Waals surface area (Å²) in [6.07, 6.45) is 0. The topological polar surface area (TPSA) is 17.8 Å². The van der Waals surface area contributed by atoms with Crippen molar-refractivity contribution in [2.24, 2.45) is 0 Å². The molecule has 0 spiro atoms. The summed E-state index contributed by atoms with van der Waals surface area (Å²) >= 11 is 0. The van der Waals surface area contributed by atoms with Crippen LogP contribution < -0.4 is 19.6 Å². The number of benzene rings is 4. The van der Waals surface area contributed by atoms with Crippen molar-refractivity contribution in [1.29, 1.82) is 0 Å². The molecule has 0 bridgehead atoms. The molecule has 0 atom stereocenters. The summed E-state index contributed by atoms with van der Waals surface area (Å²) in [5, 5.41) is 0. The van der Waals surface area contributed by atoms with Gasteiger partial charge in [-0.3, -0.25) is 0 Å². The van der Waals surface area contributed by atoms with E-state index in [9.17, 15) is 0 Å². The lowest BCUT2D eigenvalue weighted by Crippen LogP contribution is -3.00. The van der Waals surface area contributed by atoms with Crippen LogP contribution in [-0.4, -0.2) is 56.4 Å². The predicted molar refractivity (Wildman–Crippen MR) is 181 cm³/mol. The second kappa shape index (κ2) is 19.7. The Bertz CT molecular complexity index is 992. The highest BCUT2D eigenvalue weighted by Crippen LogP contribution is 2.04. The lowest BCUT2D eigenvalue weighted by atomic mass is 10.2. The first-order valence-corrected chi connectivity index (χ1v) is 14.3. The zero-order chi connectivity index (χ0) is 30.2. The van der Waals surface area contributed by atoms with Crippen LogP contribution in [0, 0.1) is 27.7 Å². The van der Waals surface area contributed by atoms with Crippen LogP contribution in [0.15, 0.2) is 97.1 Å². The molecule has 4 aromatic rings. The molecule has 4 rings (SSSR count). The van der Waals surface area contributed by atoms with E-state index in [-0.39, 0.29) is 7.43 Å². The molecule has 4 aromatic carbocycles. The van der Waals surface area contributed by atoms with Gasteiger partial charge in [0.15, 0.2) is 0 Å². The van der Waals surface area contributed by atoms with Crippen molar-refractivity contribution in [2.45, 2.75) is 35.1 Å². The van der Waals surface area contributed by atoms with Gasteiger partial charge in [0.2, 0.25) is 0 Å². The quantitative estimate of drug-likeness (QED) is 0.292. The molecule has 4 N–H and O–H groups in total. The van der Waals surface area contributed by atoms with Crippen LogP contribution in [0.25, 0.3) is 0 Å². The summed E-state index contributed by atoms with van der Waals surface area (Å²) < 4.78 is 0. The molecule has 0 aliphatic rings. The van der Waals surface area contributed by atoms with Crippen molar-refractivity contribution in [1.82, 2.24) is 0 Å². The first kappa shape index (κ1) is 37.7. The minimum atomic E-state index is 0. The SMILES string of the molecule is C.Cc1ccc([NH+](C)C)cc1.Cc1ccc([NH+](C)C)cc1.Cc1ccc([NH+](C)C)cc1.Cc1ccc([NH+](C)C)cc1. The van der Waals surface area contributed by atoms with E-state index in [1.807, 2.05) is 0 Å². The second-order valence-electron chi connectivity index (χ2n) is 11.5. The molecule has 0 fully saturated rings. The Kier molecular flexibility index (Phi) is 18.2. The van der Waals surface area contributed by atoms with Crippen molar-refractivity contribution in [3.63, 3.8) is 0 Å². The molecule has 0 heterocycles. The third kappa shape index (κ3) is 15.9. The molecule has 41 heavy (non-hydrogen) atoms. The number of aryl methyl sites for hydroxylation is 4. The Morgan fingerprint density at radius 2 is 0.390 bits per heavy atom. The first-order valence-electron chi connectivity index (χ1n) is 14.3. The Morgan fingerprint density at radius 1 is 0.268 bits per heavy atom. The molecular weight excluding hydrogens is 500 g/mol. The van der Waals surface area contributed by atoms with Gasteiger partial charge in [-0.05, 0) is 76.2 Å². The zero-order valence-electron chi connectivity index (χ0n) is 27.2. The van der Waals surface area contributed by atoms with E-state index < -0.39 is 0 Å². The third-order valence-electron chi connectivity index (χ3n) is 6.52. The van der Waals surface area contributed by atoms with Crippen LogP contribution in [0.3, 0.4) is 0 Å². The average Bonchev–Trinajstić information content (AvgIpc) is 2.91. The number of hydrogen-bond acceptors (Lipinski definition) is 0. The van der Waals surface area contributed by atoms with Crippen molar-refractivity contribution in [3.8, 4) is 0 Å². The van der Waals surface area contributed by atoms with Crippen LogP contribution in [-0.2, 0) is 0 Å². The summed E-state index contributed by atoms with van der Waals surface area (Å²) in [7, 11) is 17.0. The number of quaternary nitrogens is 4. The summed E-state index contributed by atoms with van der Waals surface area (Å²) in [4.78, 5) is 5.50. The van der Waals surface area contributed by atoms with Crippen LogP contribution in [0.1, 0.15) is 29.7 Å². The summed E-state index contributed by atoms with van der Waals surface area (Å²) in [6.45, 7) is 8.42. The molecule has 0 saturated carbocycles. The maximum atomic E-state index is 2.16. The van der Waals surface area contributed by atoms with E-state index in [4.69, 9.17) is 0 Å². The van der Waals surface area contributed by atoms with Gasteiger partial charge in [0.05, 0.1) is 56.4 Å². The molecule has 0 saturated heterocycles. The highest BCUT2D eigenvalue weighted by Gasteiger charge is 1.98. The Balaban J connectivity index is 0.000000516. The lowest BCUT2D eigenvalue weighted by molar-refractivity contribution is -0.786. The maximum Gasteiger partial charge on any atom is 0.130 e. The molecule has 0 aromatic heterocycles. The van der Waals surface area contributed by atoms with Gasteiger partial charge < -0.3 is 19.6 Å². The van der Waals surface area contributed by atoms with Gasteiger partial charge in [-0.15, -0.1) is 0 Å². The van der Waals surface area contributed by atoms with E-state index in [0.29, 0.717) is 0 Å². The van der Waals surface area contributed by atoms with E-state index in [2.05, 4.69) is 181 Å². The van der Waals surface area contributed by atoms with Gasteiger partial charge in [-0.1, -0.05) is 78.2 Å². The van der Waals surface area contributed by atoms with Crippen molar-refractivity contribution < 1.29 is 19.6 Å². The molecule has 0 radical (unpaired) electrons. The largest absolute Gasteiger partial charge is 0.307 e. The molecule has 0 aliphatic carbocycles. The molecule has 0 unspecified atom stereocenters. The fourth-order valence-electron chi connectivity index (χ4n) is 3.55. The fourth-order valence-corrected chi connectivity index (χ4v) is 3.55. The highest BCUT2D eigenvalue weighted by molar-refractivity contribution is 5.33. The van der Waals surface area contributed by atoms with E-state index >= 15 is 0 Å². The van der Waals surface area contributed by atoms with Gasteiger partial charge in [0.25, 0.3) is 0 Å². The van der Waals surface area contributed by atoms with E-state index in [1.165, 1.54) is 64.6 Å². The van der Waals surface area contributed by atoms with Crippen LogP contribution >= 0.6 is 0 Å². The molecule has 224 valence electrons. The van der Waals surface area contributed by atoms with E-state index in [1.54, 1.807) is 0 Å². The van der Waals surface area contributed by atoms with Crippen LogP contribution in [0.5, 0.6) is 0 Å². The minimum absolute atomic E-state index is 0. The van der Waals surface area contributed by atoms with Gasteiger partial charge in [0, 0.05) is 0 Å². The van der Waals surface area contributed by atoms with Crippen LogP contribution in [0.4, 0.5) is 22.7 Å². The molecule has 4 nitrogen and oxygen atoms in total. The number of hydrogen-bond donors (Lipinski definition) is 4. The van der Waals surface area contributed by atoms with Gasteiger partial charge >= 0.3 is 0 Å². The Labute approximate surface area is 252 Å². The maximum absolute atomic E-state index is 2.16. The Hall–Kier alpha value is -3.28. The van der Waals surface area contributed by atoms with Gasteiger partial charge in [0.1, 0.15) is 22.7 Å². The van der Waals surface area contributed by atoms with Crippen molar-refractivity contribution >= 4 is 22.7 Å². The fraction of sp³-hybridized carbons (Fsp3) is 0.351. The molecule has 0 aliphatic heterocycles. The van der Waals surface area contributed by atoms with Crippen molar-refractivity contribution in [2.75, 3.05) is 56.4 Å².